The van der Waals surface area contributed by atoms with Crippen molar-refractivity contribution in [1.82, 2.24) is 14.9 Å². The lowest BCUT2D eigenvalue weighted by atomic mass is 9.84. The lowest BCUT2D eigenvalue weighted by molar-refractivity contribution is -0.0355. The third kappa shape index (κ3) is 5.73. The quantitative estimate of drug-likeness (QED) is 0.507. The maximum atomic E-state index is 12.5. The summed E-state index contributed by atoms with van der Waals surface area (Å²) in [6.07, 6.45) is 0.540. The number of hydrogen-bond acceptors (Lipinski definition) is 6. The molecule has 7 nitrogen and oxygen atoms in total. The molecule has 0 spiro atoms. The van der Waals surface area contributed by atoms with E-state index in [1.807, 2.05) is 45.9 Å². The zero-order valence-electron chi connectivity index (χ0n) is 21.6. The largest absolute Gasteiger partial charge is 0.444 e. The van der Waals surface area contributed by atoms with Crippen LogP contribution in [0.2, 0.25) is 0 Å². The minimum absolute atomic E-state index is 0.0520. The van der Waals surface area contributed by atoms with Gasteiger partial charge in [-0.3, -0.25) is 0 Å². The average molecular weight is 477 g/mol. The van der Waals surface area contributed by atoms with Crippen molar-refractivity contribution >= 4 is 22.8 Å². The number of benzene rings is 2. The number of nitrogens with one attached hydrogen (secondary N) is 1. The van der Waals surface area contributed by atoms with Crippen LogP contribution < -0.4 is 5.32 Å². The number of carbonyl (C=O) groups excluding carboxylic acids is 1. The Balaban J connectivity index is 1.58. The first-order valence-electron chi connectivity index (χ1n) is 12.3. The van der Waals surface area contributed by atoms with Crippen LogP contribution in [0.1, 0.15) is 69.1 Å². The summed E-state index contributed by atoms with van der Waals surface area (Å²) in [5.74, 6) is 1.44. The van der Waals surface area contributed by atoms with Gasteiger partial charge >= 0.3 is 6.09 Å². The summed E-state index contributed by atoms with van der Waals surface area (Å²) in [7, 11) is 0. The zero-order chi connectivity index (χ0) is 25.4. The van der Waals surface area contributed by atoms with Crippen LogP contribution in [0.5, 0.6) is 0 Å². The van der Waals surface area contributed by atoms with E-state index in [4.69, 9.17) is 9.72 Å². The molecule has 1 aliphatic rings. The van der Waals surface area contributed by atoms with Crippen molar-refractivity contribution in [1.29, 1.82) is 0 Å². The van der Waals surface area contributed by atoms with Gasteiger partial charge in [0, 0.05) is 24.5 Å². The van der Waals surface area contributed by atoms with Crippen LogP contribution in [-0.4, -0.2) is 44.8 Å². The summed E-state index contributed by atoms with van der Waals surface area (Å²) in [4.78, 5) is 23.4. The Hall–Kier alpha value is -3.19. The number of fused-ring (bicyclic) bond motifs is 1. The summed E-state index contributed by atoms with van der Waals surface area (Å²) in [6, 6.07) is 14.3. The number of piperidine rings is 1. The van der Waals surface area contributed by atoms with E-state index in [0.29, 0.717) is 31.8 Å². The number of rotatable bonds is 4. The highest BCUT2D eigenvalue weighted by atomic mass is 16.6. The van der Waals surface area contributed by atoms with Gasteiger partial charge in [-0.15, -0.1) is 0 Å². The van der Waals surface area contributed by atoms with Gasteiger partial charge in [0.25, 0.3) is 0 Å². The summed E-state index contributed by atoms with van der Waals surface area (Å²) >= 11 is 0. The Kier molecular flexibility index (Phi) is 6.73. The van der Waals surface area contributed by atoms with Gasteiger partial charge in [0.05, 0.1) is 11.1 Å². The number of aromatic nitrogens is 2. The molecule has 1 fully saturated rings. The van der Waals surface area contributed by atoms with Gasteiger partial charge in [-0.1, -0.05) is 35.9 Å². The van der Waals surface area contributed by atoms with Crippen LogP contribution in [0.15, 0.2) is 42.5 Å². The second kappa shape index (κ2) is 9.46. The predicted octanol–water partition coefficient (Wildman–Crippen LogP) is 5.64. The van der Waals surface area contributed by atoms with E-state index in [1.54, 1.807) is 4.90 Å². The molecule has 3 aromatic rings. The molecule has 4 rings (SSSR count). The highest BCUT2D eigenvalue weighted by Crippen LogP contribution is 2.36. The first-order chi connectivity index (χ1) is 16.4. The number of nitrogens with zero attached hydrogens (tertiary/aromatic N) is 3. The van der Waals surface area contributed by atoms with E-state index < -0.39 is 11.2 Å². The van der Waals surface area contributed by atoms with Crippen molar-refractivity contribution in [2.45, 2.75) is 71.6 Å². The summed E-state index contributed by atoms with van der Waals surface area (Å²) in [6.45, 7) is 12.5. The van der Waals surface area contributed by atoms with Crippen LogP contribution in [0.3, 0.4) is 0 Å². The maximum Gasteiger partial charge on any atom is 0.410 e. The molecule has 2 aromatic carbocycles. The smallest absolute Gasteiger partial charge is 0.410 e. The van der Waals surface area contributed by atoms with E-state index in [0.717, 1.165) is 22.3 Å². The number of anilines is 1. The minimum Gasteiger partial charge on any atom is -0.444 e. The molecule has 0 radical (unpaired) electrons. The van der Waals surface area contributed by atoms with Gasteiger partial charge in [0.15, 0.2) is 0 Å². The molecule has 1 saturated heterocycles. The van der Waals surface area contributed by atoms with Crippen molar-refractivity contribution < 1.29 is 14.6 Å². The number of hydrogen-bond donors (Lipinski definition) is 2. The molecule has 1 aromatic heterocycles. The Labute approximate surface area is 207 Å². The lowest BCUT2D eigenvalue weighted by Gasteiger charge is -2.39. The highest BCUT2D eigenvalue weighted by molar-refractivity contribution is 5.90. The number of likely N-dealkylation sites (tertiary alicyclic amines) is 1. The Morgan fingerprint density at radius 2 is 1.83 bits per heavy atom. The van der Waals surface area contributed by atoms with Gasteiger partial charge in [0.1, 0.15) is 17.2 Å². The van der Waals surface area contributed by atoms with Crippen LogP contribution in [-0.2, 0) is 10.3 Å². The molecule has 186 valence electrons. The first-order valence-corrected chi connectivity index (χ1v) is 12.3. The summed E-state index contributed by atoms with van der Waals surface area (Å²) in [5, 5.41) is 16.0. The normalized spacial score (nSPS) is 16.7. The van der Waals surface area contributed by atoms with Crippen LogP contribution in [0.4, 0.5) is 10.6 Å². The number of amides is 1. The van der Waals surface area contributed by atoms with Crippen molar-refractivity contribution in [2.24, 2.45) is 0 Å². The fraction of sp³-hybridized carbons (Fsp3) is 0.464. The molecule has 0 unspecified atom stereocenters. The average Bonchev–Trinajstić information content (AvgIpc) is 2.78. The zero-order valence-corrected chi connectivity index (χ0v) is 21.6. The van der Waals surface area contributed by atoms with Crippen molar-refractivity contribution in [2.75, 3.05) is 18.4 Å². The van der Waals surface area contributed by atoms with Crippen molar-refractivity contribution in [3.8, 4) is 0 Å². The molecule has 0 bridgehead atoms. The second-order valence-electron chi connectivity index (χ2n) is 10.6. The van der Waals surface area contributed by atoms with Crippen LogP contribution in [0.25, 0.3) is 10.9 Å². The lowest BCUT2D eigenvalue weighted by Crippen LogP contribution is -2.46. The molecule has 1 amide bonds. The number of aryl methyl sites for hydroxylation is 2. The first kappa shape index (κ1) is 24.9. The Bertz CT molecular complexity index is 1230. The van der Waals surface area contributed by atoms with E-state index in [9.17, 15) is 9.90 Å². The summed E-state index contributed by atoms with van der Waals surface area (Å²) < 4.78 is 5.50. The number of ether oxygens (including phenoxy) is 1. The SMILES string of the molecule is Cc1cccc([C@@H](C)Nc2nc(C)nc3ccc(C4(O)CCN(C(=O)OC(C)(C)C)CC4)cc23)c1. The van der Waals surface area contributed by atoms with Gasteiger partial charge in [-0.05, 0) is 77.6 Å². The molecule has 1 atom stereocenters. The maximum absolute atomic E-state index is 12.5. The van der Waals surface area contributed by atoms with Crippen LogP contribution >= 0.6 is 0 Å². The third-order valence-corrected chi connectivity index (χ3v) is 6.48. The van der Waals surface area contributed by atoms with Crippen molar-refractivity contribution in [3.05, 3.63) is 65.0 Å². The van der Waals surface area contributed by atoms with Gasteiger partial charge in [-0.25, -0.2) is 14.8 Å². The Morgan fingerprint density at radius 1 is 1.11 bits per heavy atom. The van der Waals surface area contributed by atoms with Gasteiger partial charge < -0.3 is 20.1 Å². The molecule has 1 aliphatic heterocycles. The minimum atomic E-state index is -1.03. The molecule has 0 aliphatic carbocycles. The van der Waals surface area contributed by atoms with Gasteiger partial charge in [0.2, 0.25) is 0 Å². The molecule has 2 N–H and O–H groups in total. The topological polar surface area (TPSA) is 87.6 Å². The fourth-order valence-electron chi connectivity index (χ4n) is 4.55. The van der Waals surface area contributed by atoms with Crippen molar-refractivity contribution in [3.63, 3.8) is 0 Å². The molecular weight excluding hydrogens is 440 g/mol. The van der Waals surface area contributed by atoms with E-state index in [-0.39, 0.29) is 12.1 Å². The fourth-order valence-corrected chi connectivity index (χ4v) is 4.55. The standard InChI is InChI=1S/C28H36N4O3/c1-18-8-7-9-21(16-18)19(2)29-25-23-17-22(10-11-24(23)30-20(3)31-25)28(34)12-14-32(15-13-28)26(33)35-27(4,5)6/h7-11,16-17,19,34H,12-15H2,1-6H3,(H,29,30,31)/t19-/m1/s1. The molecule has 2 heterocycles. The van der Waals surface area contributed by atoms with Gasteiger partial charge in [-0.2, -0.15) is 0 Å². The molecule has 35 heavy (non-hydrogen) atoms. The molecular formula is C28H36N4O3. The highest BCUT2D eigenvalue weighted by Gasteiger charge is 2.37. The monoisotopic (exact) mass is 476 g/mol. The number of carbonyl (C=O) groups is 1. The molecule has 7 heteroatoms. The van der Waals surface area contributed by atoms with E-state index >= 15 is 0 Å². The summed E-state index contributed by atoms with van der Waals surface area (Å²) in [5.41, 5.74) is 2.46. The second-order valence-corrected chi connectivity index (χ2v) is 10.6. The van der Waals surface area contributed by atoms with E-state index in [1.165, 1.54) is 11.1 Å². The van der Waals surface area contributed by atoms with Crippen LogP contribution in [0, 0.1) is 13.8 Å². The third-order valence-electron chi connectivity index (χ3n) is 6.48. The number of aliphatic hydroxyl groups is 1. The molecule has 0 saturated carbocycles. The van der Waals surface area contributed by atoms with E-state index in [2.05, 4.69) is 48.4 Å². The predicted molar refractivity (Wildman–Crippen MR) is 138 cm³/mol. The Morgan fingerprint density at radius 3 is 2.49 bits per heavy atom.